The van der Waals surface area contributed by atoms with E-state index in [1.165, 1.54) is 6.20 Å². The summed E-state index contributed by atoms with van der Waals surface area (Å²) in [5.41, 5.74) is 6.46. The first-order valence-corrected chi connectivity index (χ1v) is 5.65. The fourth-order valence-corrected chi connectivity index (χ4v) is 1.77. The molecule has 94 valence electrons. The van der Waals surface area contributed by atoms with Gasteiger partial charge in [0.25, 0.3) is 0 Å². The summed E-state index contributed by atoms with van der Waals surface area (Å²) in [6.07, 6.45) is 1.48. The predicted octanol–water partition coefficient (Wildman–Crippen LogP) is 2.49. The number of hydrogen-bond acceptors (Lipinski definition) is 5. The highest BCUT2D eigenvalue weighted by Crippen LogP contribution is 2.30. The van der Waals surface area contributed by atoms with Gasteiger partial charge in [-0.2, -0.15) is 4.98 Å². The number of rotatable bonds is 3. The van der Waals surface area contributed by atoms with Crippen molar-refractivity contribution in [3.05, 3.63) is 35.5 Å². The number of ether oxygens (including phenoxy) is 1. The molecule has 0 bridgehead atoms. The van der Waals surface area contributed by atoms with Crippen LogP contribution < -0.4 is 15.4 Å². The average Bonchev–Trinajstić information content (AvgIpc) is 2.41. The minimum atomic E-state index is 0.184. The first-order chi connectivity index (χ1) is 8.61. The molecule has 2 aromatic rings. The number of hydrogen-bond donors (Lipinski definition) is 1. The Morgan fingerprint density at radius 2 is 2.17 bits per heavy atom. The number of anilines is 3. The quantitative estimate of drug-likeness (QED) is 0.923. The van der Waals surface area contributed by atoms with E-state index in [9.17, 15) is 0 Å². The molecule has 18 heavy (non-hydrogen) atoms. The summed E-state index contributed by atoms with van der Waals surface area (Å²) in [4.78, 5) is 9.78. The first kappa shape index (κ1) is 12.4. The molecule has 0 aliphatic heterocycles. The number of methoxy groups -OCH3 is 1. The smallest absolute Gasteiger partial charge is 0.222 e. The highest BCUT2D eigenvalue weighted by atomic mass is 35.5. The van der Waals surface area contributed by atoms with E-state index in [0.717, 1.165) is 11.4 Å². The monoisotopic (exact) mass is 264 g/mol. The maximum absolute atomic E-state index is 6.06. The molecule has 0 aliphatic carbocycles. The van der Waals surface area contributed by atoms with Crippen LogP contribution >= 0.6 is 11.6 Å². The lowest BCUT2D eigenvalue weighted by atomic mass is 10.3. The Bertz CT molecular complexity index is 562. The third kappa shape index (κ3) is 2.46. The van der Waals surface area contributed by atoms with Crippen molar-refractivity contribution in [3.8, 4) is 5.75 Å². The Hall–Kier alpha value is -2.01. The van der Waals surface area contributed by atoms with Crippen molar-refractivity contribution in [1.82, 2.24) is 9.97 Å². The Morgan fingerprint density at radius 3 is 2.89 bits per heavy atom. The lowest BCUT2D eigenvalue weighted by molar-refractivity contribution is 0.415. The zero-order valence-electron chi connectivity index (χ0n) is 10.1. The number of benzene rings is 1. The van der Waals surface area contributed by atoms with E-state index in [2.05, 4.69) is 9.97 Å². The van der Waals surface area contributed by atoms with Crippen LogP contribution in [0.4, 0.5) is 17.5 Å². The van der Waals surface area contributed by atoms with Gasteiger partial charge >= 0.3 is 0 Å². The largest absolute Gasteiger partial charge is 0.497 e. The second-order valence-corrected chi connectivity index (χ2v) is 4.07. The highest BCUT2D eigenvalue weighted by molar-refractivity contribution is 6.33. The van der Waals surface area contributed by atoms with E-state index in [1.807, 2.05) is 36.2 Å². The van der Waals surface area contributed by atoms with Crippen molar-refractivity contribution >= 4 is 29.1 Å². The molecule has 0 amide bonds. The van der Waals surface area contributed by atoms with Crippen LogP contribution in [0.2, 0.25) is 5.02 Å². The van der Waals surface area contributed by atoms with Gasteiger partial charge in [-0.1, -0.05) is 17.7 Å². The molecule has 1 heterocycles. The number of halogens is 1. The molecular formula is C12H13ClN4O. The van der Waals surface area contributed by atoms with E-state index in [-0.39, 0.29) is 5.95 Å². The first-order valence-electron chi connectivity index (χ1n) is 5.27. The zero-order chi connectivity index (χ0) is 13.1. The molecule has 6 heteroatoms. The number of nitrogen functional groups attached to an aromatic ring is 1. The molecular weight excluding hydrogens is 252 g/mol. The fraction of sp³-hybridized carbons (Fsp3) is 0.167. The van der Waals surface area contributed by atoms with Crippen LogP contribution in [-0.2, 0) is 0 Å². The standard InChI is InChI=1S/C12H13ClN4O/c1-17(8-4-3-5-9(6-8)18-2)11-10(13)7-15-12(14)16-11/h3-7H,1-2H3,(H2,14,15,16). The van der Waals surface area contributed by atoms with Crippen LogP contribution in [0.3, 0.4) is 0 Å². The second-order valence-electron chi connectivity index (χ2n) is 3.66. The molecule has 0 fully saturated rings. The van der Waals surface area contributed by atoms with Gasteiger partial charge in [-0.3, -0.25) is 0 Å². The van der Waals surface area contributed by atoms with Crippen molar-refractivity contribution in [2.24, 2.45) is 0 Å². The third-order valence-electron chi connectivity index (χ3n) is 2.50. The van der Waals surface area contributed by atoms with Gasteiger partial charge in [-0.25, -0.2) is 4.98 Å². The van der Waals surface area contributed by atoms with Crippen LogP contribution in [0, 0.1) is 0 Å². The molecule has 1 aromatic heterocycles. The summed E-state index contributed by atoms with van der Waals surface area (Å²) < 4.78 is 5.18. The molecule has 0 spiro atoms. The summed E-state index contributed by atoms with van der Waals surface area (Å²) in [6, 6.07) is 7.57. The van der Waals surface area contributed by atoms with Crippen LogP contribution in [0.1, 0.15) is 0 Å². The fourth-order valence-electron chi connectivity index (χ4n) is 1.55. The lowest BCUT2D eigenvalue weighted by Gasteiger charge is -2.19. The molecule has 0 atom stereocenters. The van der Waals surface area contributed by atoms with E-state index in [4.69, 9.17) is 22.1 Å². The van der Waals surface area contributed by atoms with Crippen molar-refractivity contribution in [2.45, 2.75) is 0 Å². The molecule has 5 nitrogen and oxygen atoms in total. The minimum absolute atomic E-state index is 0.184. The molecule has 0 saturated heterocycles. The molecule has 0 aliphatic rings. The molecule has 1 aromatic carbocycles. The van der Waals surface area contributed by atoms with Gasteiger partial charge in [-0.05, 0) is 12.1 Å². The Labute approximate surface area is 110 Å². The number of nitrogens with zero attached hydrogens (tertiary/aromatic N) is 3. The number of aromatic nitrogens is 2. The normalized spacial score (nSPS) is 10.2. The summed E-state index contributed by atoms with van der Waals surface area (Å²) >= 11 is 6.06. The maximum Gasteiger partial charge on any atom is 0.222 e. The van der Waals surface area contributed by atoms with Gasteiger partial charge in [-0.15, -0.1) is 0 Å². The second kappa shape index (κ2) is 5.10. The highest BCUT2D eigenvalue weighted by Gasteiger charge is 2.11. The molecule has 2 N–H and O–H groups in total. The summed E-state index contributed by atoms with van der Waals surface area (Å²) in [5.74, 6) is 1.50. The topological polar surface area (TPSA) is 64.3 Å². The van der Waals surface area contributed by atoms with E-state index < -0.39 is 0 Å². The van der Waals surface area contributed by atoms with Crippen LogP contribution in [0.15, 0.2) is 30.5 Å². The SMILES string of the molecule is COc1cccc(N(C)c2nc(N)ncc2Cl)c1. The van der Waals surface area contributed by atoms with Gasteiger partial charge in [0.05, 0.1) is 13.3 Å². The Balaban J connectivity index is 2.40. The molecule has 0 radical (unpaired) electrons. The number of nitrogens with two attached hydrogens (primary N) is 1. The van der Waals surface area contributed by atoms with Crippen LogP contribution in [0.25, 0.3) is 0 Å². The van der Waals surface area contributed by atoms with Crippen molar-refractivity contribution < 1.29 is 4.74 Å². The van der Waals surface area contributed by atoms with Crippen molar-refractivity contribution in [2.75, 3.05) is 24.8 Å². The van der Waals surface area contributed by atoms with Gasteiger partial charge in [0.15, 0.2) is 5.82 Å². The van der Waals surface area contributed by atoms with Crippen molar-refractivity contribution in [3.63, 3.8) is 0 Å². The van der Waals surface area contributed by atoms with Gasteiger partial charge in [0, 0.05) is 18.8 Å². The predicted molar refractivity (Wildman–Crippen MR) is 72.5 cm³/mol. The summed E-state index contributed by atoms with van der Waals surface area (Å²) in [7, 11) is 3.47. The van der Waals surface area contributed by atoms with Gasteiger partial charge < -0.3 is 15.4 Å². The molecule has 2 rings (SSSR count). The van der Waals surface area contributed by atoms with Crippen LogP contribution in [-0.4, -0.2) is 24.1 Å². The van der Waals surface area contributed by atoms with E-state index in [1.54, 1.807) is 7.11 Å². The zero-order valence-corrected chi connectivity index (χ0v) is 10.8. The summed E-state index contributed by atoms with van der Waals surface area (Å²) in [6.45, 7) is 0. The maximum atomic E-state index is 6.06. The van der Waals surface area contributed by atoms with E-state index >= 15 is 0 Å². The van der Waals surface area contributed by atoms with Gasteiger partial charge in [0.1, 0.15) is 10.8 Å². The van der Waals surface area contributed by atoms with Gasteiger partial charge in [0.2, 0.25) is 5.95 Å². The molecule has 0 saturated carbocycles. The average molecular weight is 265 g/mol. The van der Waals surface area contributed by atoms with E-state index in [0.29, 0.717) is 10.8 Å². The lowest BCUT2D eigenvalue weighted by Crippen LogP contribution is -2.13. The van der Waals surface area contributed by atoms with Crippen LogP contribution in [0.5, 0.6) is 5.75 Å². The third-order valence-corrected chi connectivity index (χ3v) is 2.77. The van der Waals surface area contributed by atoms with Crippen molar-refractivity contribution in [1.29, 1.82) is 0 Å². The summed E-state index contributed by atoms with van der Waals surface area (Å²) in [5, 5.41) is 0.439. The Kier molecular flexibility index (Phi) is 3.53. The minimum Gasteiger partial charge on any atom is -0.497 e. The Morgan fingerprint density at radius 1 is 1.39 bits per heavy atom. The molecule has 0 unspecified atom stereocenters.